The topological polar surface area (TPSA) is 18.5 Å². The van der Waals surface area contributed by atoms with Crippen LogP contribution in [0.3, 0.4) is 0 Å². The Morgan fingerprint density at radius 3 is 2.40 bits per heavy atom. The van der Waals surface area contributed by atoms with E-state index in [0.29, 0.717) is 6.04 Å². The molecule has 1 saturated carbocycles. The quantitative estimate of drug-likeness (QED) is 0.853. The van der Waals surface area contributed by atoms with E-state index in [1.165, 1.54) is 45.3 Å². The summed E-state index contributed by atoms with van der Waals surface area (Å²) >= 11 is 0. The minimum Gasteiger partial charge on any atom is -0.317 e. The standard InChI is InChI=1S/C17H35N3/c1-13-10-14(2)16(17(11-13)18-3)12-20(5)15-6-8-19(4)9-7-15/h13-18H,6-12H2,1-5H3. The Bertz CT molecular complexity index is 286. The summed E-state index contributed by atoms with van der Waals surface area (Å²) in [4.78, 5) is 5.13. The van der Waals surface area contributed by atoms with Crippen LogP contribution in [0.5, 0.6) is 0 Å². The average Bonchev–Trinajstić information content (AvgIpc) is 2.42. The van der Waals surface area contributed by atoms with Gasteiger partial charge in [0.05, 0.1) is 0 Å². The van der Waals surface area contributed by atoms with Gasteiger partial charge in [-0.1, -0.05) is 13.8 Å². The highest BCUT2D eigenvalue weighted by Crippen LogP contribution is 2.34. The molecule has 3 nitrogen and oxygen atoms in total. The van der Waals surface area contributed by atoms with Crippen molar-refractivity contribution in [3.63, 3.8) is 0 Å². The number of nitrogens with zero attached hydrogens (tertiary/aromatic N) is 2. The van der Waals surface area contributed by atoms with Gasteiger partial charge < -0.3 is 15.1 Å². The molecule has 1 heterocycles. The molecule has 118 valence electrons. The smallest absolute Gasteiger partial charge is 0.0117 e. The Balaban J connectivity index is 1.89. The predicted octanol–water partition coefficient (Wildman–Crippen LogP) is 2.28. The molecule has 2 fully saturated rings. The highest BCUT2D eigenvalue weighted by molar-refractivity contribution is 4.89. The molecular formula is C17H35N3. The van der Waals surface area contributed by atoms with Crippen LogP contribution in [0.2, 0.25) is 0 Å². The van der Waals surface area contributed by atoms with Crippen molar-refractivity contribution in [3.05, 3.63) is 0 Å². The van der Waals surface area contributed by atoms with Crippen LogP contribution < -0.4 is 5.32 Å². The van der Waals surface area contributed by atoms with E-state index >= 15 is 0 Å². The fourth-order valence-corrected chi connectivity index (χ4v) is 4.47. The third kappa shape index (κ3) is 3.96. The van der Waals surface area contributed by atoms with E-state index in [9.17, 15) is 0 Å². The molecule has 20 heavy (non-hydrogen) atoms. The Labute approximate surface area is 126 Å². The summed E-state index contributed by atoms with van der Waals surface area (Å²) in [5.41, 5.74) is 0. The van der Waals surface area contributed by atoms with Gasteiger partial charge in [-0.2, -0.15) is 0 Å². The van der Waals surface area contributed by atoms with E-state index in [4.69, 9.17) is 0 Å². The number of piperidine rings is 1. The fraction of sp³-hybridized carbons (Fsp3) is 1.00. The van der Waals surface area contributed by atoms with Gasteiger partial charge in [0.1, 0.15) is 0 Å². The SMILES string of the molecule is CNC1CC(C)CC(C)C1CN(C)C1CCN(C)CC1. The highest BCUT2D eigenvalue weighted by Gasteiger charge is 2.34. The van der Waals surface area contributed by atoms with Crippen LogP contribution >= 0.6 is 0 Å². The summed E-state index contributed by atoms with van der Waals surface area (Å²) in [6.07, 6.45) is 5.44. The van der Waals surface area contributed by atoms with Gasteiger partial charge in [0.2, 0.25) is 0 Å². The Morgan fingerprint density at radius 2 is 1.80 bits per heavy atom. The van der Waals surface area contributed by atoms with Gasteiger partial charge in [0.25, 0.3) is 0 Å². The zero-order valence-corrected chi connectivity index (χ0v) is 14.2. The van der Waals surface area contributed by atoms with Crippen LogP contribution in [0.15, 0.2) is 0 Å². The fourth-order valence-electron chi connectivity index (χ4n) is 4.47. The van der Waals surface area contributed by atoms with Crippen LogP contribution in [-0.2, 0) is 0 Å². The van der Waals surface area contributed by atoms with Crippen LogP contribution in [0.4, 0.5) is 0 Å². The Kier molecular flexibility index (Phi) is 5.88. The molecular weight excluding hydrogens is 246 g/mol. The molecule has 0 aromatic carbocycles. The second-order valence-electron chi connectivity index (χ2n) is 7.59. The van der Waals surface area contributed by atoms with Crippen molar-refractivity contribution in [2.24, 2.45) is 17.8 Å². The zero-order chi connectivity index (χ0) is 14.7. The van der Waals surface area contributed by atoms with Gasteiger partial charge in [-0.25, -0.2) is 0 Å². The molecule has 1 aliphatic heterocycles. The summed E-state index contributed by atoms with van der Waals surface area (Å²) in [6.45, 7) is 8.68. The third-order valence-electron chi connectivity index (χ3n) is 5.86. The normalized spacial score (nSPS) is 37.5. The molecule has 0 aromatic heterocycles. The van der Waals surface area contributed by atoms with Crippen molar-refractivity contribution < 1.29 is 0 Å². The number of hydrogen-bond acceptors (Lipinski definition) is 3. The molecule has 0 spiro atoms. The van der Waals surface area contributed by atoms with E-state index in [1.54, 1.807) is 0 Å². The summed E-state index contributed by atoms with van der Waals surface area (Å²) < 4.78 is 0. The minimum absolute atomic E-state index is 0.711. The Hall–Kier alpha value is -0.120. The van der Waals surface area contributed by atoms with Crippen LogP contribution in [0.25, 0.3) is 0 Å². The predicted molar refractivity (Wildman–Crippen MR) is 87.0 cm³/mol. The maximum absolute atomic E-state index is 3.60. The lowest BCUT2D eigenvalue weighted by atomic mass is 9.72. The molecule has 4 atom stereocenters. The summed E-state index contributed by atoms with van der Waals surface area (Å²) in [6, 6.07) is 1.51. The summed E-state index contributed by atoms with van der Waals surface area (Å²) in [5, 5.41) is 3.60. The van der Waals surface area contributed by atoms with Gasteiger partial charge in [-0.3, -0.25) is 0 Å². The van der Waals surface area contributed by atoms with Crippen LogP contribution in [0, 0.1) is 17.8 Å². The van der Waals surface area contributed by atoms with Crippen molar-refractivity contribution in [2.45, 2.75) is 51.6 Å². The number of likely N-dealkylation sites (tertiary alicyclic amines) is 1. The lowest BCUT2D eigenvalue weighted by Crippen LogP contribution is -2.50. The van der Waals surface area contributed by atoms with Crippen molar-refractivity contribution in [2.75, 3.05) is 40.8 Å². The van der Waals surface area contributed by atoms with Crippen molar-refractivity contribution >= 4 is 0 Å². The van der Waals surface area contributed by atoms with E-state index in [2.05, 4.69) is 50.1 Å². The van der Waals surface area contributed by atoms with Gasteiger partial charge in [0.15, 0.2) is 0 Å². The zero-order valence-electron chi connectivity index (χ0n) is 14.2. The van der Waals surface area contributed by atoms with E-state index in [1.807, 2.05) is 0 Å². The summed E-state index contributed by atoms with van der Waals surface area (Å²) in [5.74, 6) is 2.55. The second kappa shape index (κ2) is 7.24. The molecule has 0 aromatic rings. The highest BCUT2D eigenvalue weighted by atomic mass is 15.2. The molecule has 2 rings (SSSR count). The van der Waals surface area contributed by atoms with Gasteiger partial charge in [0, 0.05) is 18.6 Å². The molecule has 0 bridgehead atoms. The first-order valence-electron chi connectivity index (χ1n) is 8.57. The third-order valence-corrected chi connectivity index (χ3v) is 5.86. The molecule has 1 aliphatic carbocycles. The first-order chi connectivity index (χ1) is 9.51. The number of rotatable bonds is 4. The number of nitrogens with one attached hydrogen (secondary N) is 1. The van der Waals surface area contributed by atoms with Crippen molar-refractivity contribution in [3.8, 4) is 0 Å². The van der Waals surface area contributed by atoms with Gasteiger partial charge in [-0.05, 0) is 77.7 Å². The first kappa shape index (κ1) is 16.3. The van der Waals surface area contributed by atoms with Crippen molar-refractivity contribution in [1.82, 2.24) is 15.1 Å². The van der Waals surface area contributed by atoms with Gasteiger partial charge >= 0.3 is 0 Å². The lowest BCUT2D eigenvalue weighted by Gasteiger charge is -2.44. The van der Waals surface area contributed by atoms with Crippen LogP contribution in [0.1, 0.15) is 39.5 Å². The van der Waals surface area contributed by atoms with Crippen LogP contribution in [-0.4, -0.2) is 62.7 Å². The van der Waals surface area contributed by atoms with Gasteiger partial charge in [-0.15, -0.1) is 0 Å². The lowest BCUT2D eigenvalue weighted by molar-refractivity contribution is 0.0758. The molecule has 0 radical (unpaired) electrons. The molecule has 4 unspecified atom stereocenters. The second-order valence-corrected chi connectivity index (χ2v) is 7.59. The maximum atomic E-state index is 3.60. The first-order valence-corrected chi connectivity index (χ1v) is 8.57. The van der Waals surface area contributed by atoms with E-state index < -0.39 is 0 Å². The molecule has 1 N–H and O–H groups in total. The molecule has 2 aliphatic rings. The molecule has 3 heteroatoms. The monoisotopic (exact) mass is 281 g/mol. The Morgan fingerprint density at radius 1 is 1.15 bits per heavy atom. The minimum atomic E-state index is 0.711. The molecule has 1 saturated heterocycles. The maximum Gasteiger partial charge on any atom is 0.0117 e. The van der Waals surface area contributed by atoms with E-state index in [0.717, 1.165) is 23.8 Å². The summed E-state index contributed by atoms with van der Waals surface area (Å²) in [7, 11) is 6.75. The number of hydrogen-bond donors (Lipinski definition) is 1. The average molecular weight is 281 g/mol. The van der Waals surface area contributed by atoms with Crippen molar-refractivity contribution in [1.29, 1.82) is 0 Å². The largest absolute Gasteiger partial charge is 0.317 e. The van der Waals surface area contributed by atoms with E-state index in [-0.39, 0.29) is 0 Å². The molecule has 0 amide bonds.